The summed E-state index contributed by atoms with van der Waals surface area (Å²) in [6.07, 6.45) is 2.05. The van der Waals surface area contributed by atoms with E-state index in [0.29, 0.717) is 22.4 Å². The Morgan fingerprint density at radius 2 is 2.07 bits per heavy atom. The number of aromatic nitrogens is 2. The van der Waals surface area contributed by atoms with Crippen LogP contribution in [0.3, 0.4) is 0 Å². The van der Waals surface area contributed by atoms with Crippen molar-refractivity contribution in [1.82, 2.24) is 9.55 Å². The molecule has 7 heteroatoms. The minimum atomic E-state index is -0.462. The summed E-state index contributed by atoms with van der Waals surface area (Å²) in [6, 6.07) is 13.9. The molecule has 0 atom stereocenters. The first-order valence-corrected chi connectivity index (χ1v) is 10.6. The molecule has 0 unspecified atom stereocenters. The zero-order valence-electron chi connectivity index (χ0n) is 15.7. The Kier molecular flexibility index (Phi) is 4.63. The van der Waals surface area contributed by atoms with Gasteiger partial charge in [-0.1, -0.05) is 45.7 Å². The Balaban J connectivity index is 1.64. The van der Waals surface area contributed by atoms with Gasteiger partial charge in [-0.25, -0.2) is 9.78 Å². The van der Waals surface area contributed by atoms with E-state index in [2.05, 4.69) is 38.7 Å². The monoisotopic (exact) mass is 472 g/mol. The minimum absolute atomic E-state index is 0.186. The van der Waals surface area contributed by atoms with Crippen molar-refractivity contribution in [3.05, 3.63) is 68.9 Å². The van der Waals surface area contributed by atoms with Crippen LogP contribution in [0.1, 0.15) is 46.5 Å². The van der Waals surface area contributed by atoms with Crippen molar-refractivity contribution in [3.63, 3.8) is 0 Å². The largest absolute Gasteiger partial charge is 0.486 e. The molecule has 0 radical (unpaired) electrons. The second-order valence-corrected chi connectivity index (χ2v) is 8.69. The van der Waals surface area contributed by atoms with Gasteiger partial charge in [-0.05, 0) is 48.6 Å². The lowest BCUT2D eigenvalue weighted by atomic mass is 9.75. The molecule has 0 amide bonds. The number of halogens is 2. The number of rotatable bonds is 4. The maximum Gasteiger partial charge on any atom is 0.358 e. The summed E-state index contributed by atoms with van der Waals surface area (Å²) in [4.78, 5) is 17.3. The maximum absolute atomic E-state index is 12.5. The van der Waals surface area contributed by atoms with Crippen molar-refractivity contribution >= 4 is 33.5 Å². The van der Waals surface area contributed by atoms with E-state index < -0.39 is 5.97 Å². The highest BCUT2D eigenvalue weighted by molar-refractivity contribution is 9.10. The lowest BCUT2D eigenvalue weighted by Crippen LogP contribution is -2.25. The second-order valence-electron chi connectivity index (χ2n) is 7.37. The first kappa shape index (κ1) is 18.7. The van der Waals surface area contributed by atoms with Crippen LogP contribution in [0.15, 0.2) is 46.9 Å². The molecule has 6 rings (SSSR count). The van der Waals surface area contributed by atoms with Gasteiger partial charge in [0.1, 0.15) is 18.2 Å². The van der Waals surface area contributed by atoms with Crippen LogP contribution in [0.2, 0.25) is 5.02 Å². The first-order chi connectivity index (χ1) is 14.1. The molecule has 2 aromatic carbocycles. The fourth-order valence-electron chi connectivity index (χ4n) is 4.29. The van der Waals surface area contributed by atoms with Crippen molar-refractivity contribution in [2.45, 2.75) is 31.4 Å². The summed E-state index contributed by atoms with van der Waals surface area (Å²) in [5.41, 5.74) is 3.36. The van der Waals surface area contributed by atoms with E-state index in [-0.39, 0.29) is 12.6 Å². The third-order valence-electron chi connectivity index (χ3n) is 5.76. The Bertz CT molecular complexity index is 1120. The molecule has 3 heterocycles. The van der Waals surface area contributed by atoms with Gasteiger partial charge in [-0.3, -0.25) is 0 Å². The highest BCUT2D eigenvalue weighted by atomic mass is 79.9. The second kappa shape index (κ2) is 7.18. The van der Waals surface area contributed by atoms with E-state index in [1.807, 2.05) is 18.2 Å². The van der Waals surface area contributed by atoms with E-state index in [9.17, 15) is 4.79 Å². The SMILES string of the molecule is COC(=O)c1nc2n(c1COc1ccccc1Cl)C1CC(C1)c1ccc(Br)cc1-2. The Morgan fingerprint density at radius 1 is 1.28 bits per heavy atom. The fourth-order valence-corrected chi connectivity index (χ4v) is 4.84. The van der Waals surface area contributed by atoms with Crippen LogP contribution in [-0.2, 0) is 11.3 Å². The van der Waals surface area contributed by atoms with Crippen LogP contribution in [0.25, 0.3) is 11.4 Å². The van der Waals surface area contributed by atoms with Crippen LogP contribution in [0.4, 0.5) is 0 Å². The lowest BCUT2D eigenvalue weighted by molar-refractivity contribution is 0.0590. The third kappa shape index (κ3) is 3.06. The number of imidazole rings is 1. The molecule has 0 spiro atoms. The maximum atomic E-state index is 12.5. The van der Waals surface area contributed by atoms with Crippen molar-refractivity contribution in [1.29, 1.82) is 0 Å². The lowest BCUT2D eigenvalue weighted by Gasteiger charge is -2.35. The Hall–Kier alpha value is -2.31. The highest BCUT2D eigenvalue weighted by Gasteiger charge is 2.41. The summed E-state index contributed by atoms with van der Waals surface area (Å²) in [5, 5.41) is 0.528. The fraction of sp³-hybridized carbons (Fsp3) is 0.273. The molecule has 1 aliphatic carbocycles. The molecule has 0 saturated heterocycles. The highest BCUT2D eigenvalue weighted by Crippen LogP contribution is 2.53. The standard InChI is InChI=1S/C22H18BrClN2O3/c1-28-22(27)20-18(11-29-19-5-3-2-4-17(19)24)26-14-8-12(9-14)15-7-6-13(23)10-16(15)21(26)25-20/h2-7,10,12,14H,8-9,11H2,1H3. The number of para-hydroxylation sites is 1. The minimum Gasteiger partial charge on any atom is -0.486 e. The summed E-state index contributed by atoms with van der Waals surface area (Å²) < 4.78 is 14.2. The van der Waals surface area contributed by atoms with Gasteiger partial charge in [0.2, 0.25) is 0 Å². The predicted molar refractivity (Wildman–Crippen MR) is 113 cm³/mol. The van der Waals surface area contributed by atoms with Crippen molar-refractivity contribution in [2.24, 2.45) is 0 Å². The molecule has 2 bridgehead atoms. The van der Waals surface area contributed by atoms with Crippen molar-refractivity contribution in [3.8, 4) is 17.1 Å². The Labute approximate surface area is 181 Å². The first-order valence-electron chi connectivity index (χ1n) is 9.43. The number of carbonyl (C=O) groups is 1. The number of esters is 1. The topological polar surface area (TPSA) is 53.3 Å². The van der Waals surface area contributed by atoms with Crippen LogP contribution >= 0.6 is 27.5 Å². The molecule has 2 aliphatic heterocycles. The van der Waals surface area contributed by atoms with Gasteiger partial charge in [0.25, 0.3) is 0 Å². The van der Waals surface area contributed by atoms with Gasteiger partial charge in [0.05, 0.1) is 17.8 Å². The number of ether oxygens (including phenoxy) is 2. The summed E-state index contributed by atoms with van der Waals surface area (Å²) in [7, 11) is 1.37. The summed E-state index contributed by atoms with van der Waals surface area (Å²) in [5.74, 6) is 1.42. The van der Waals surface area contributed by atoms with Gasteiger partial charge >= 0.3 is 5.97 Å². The van der Waals surface area contributed by atoms with Gasteiger partial charge in [-0.15, -0.1) is 0 Å². The molecule has 148 valence electrons. The van der Waals surface area contributed by atoms with Gasteiger partial charge < -0.3 is 14.0 Å². The van der Waals surface area contributed by atoms with E-state index in [1.54, 1.807) is 6.07 Å². The number of benzene rings is 2. The number of hydrogen-bond acceptors (Lipinski definition) is 4. The molecule has 29 heavy (non-hydrogen) atoms. The van der Waals surface area contributed by atoms with E-state index in [1.165, 1.54) is 12.7 Å². The van der Waals surface area contributed by atoms with Gasteiger partial charge in [-0.2, -0.15) is 0 Å². The van der Waals surface area contributed by atoms with Crippen LogP contribution in [0, 0.1) is 0 Å². The Morgan fingerprint density at radius 3 is 2.83 bits per heavy atom. The van der Waals surface area contributed by atoms with Gasteiger partial charge in [0, 0.05) is 16.1 Å². The number of hydrogen-bond donors (Lipinski definition) is 0. The van der Waals surface area contributed by atoms with Crippen molar-refractivity contribution < 1.29 is 14.3 Å². The summed E-state index contributed by atoms with van der Waals surface area (Å²) >= 11 is 9.81. The van der Waals surface area contributed by atoms with Crippen LogP contribution < -0.4 is 4.74 Å². The molecule has 0 N–H and O–H groups in total. The zero-order valence-corrected chi connectivity index (χ0v) is 18.0. The molecule has 1 fully saturated rings. The number of carbonyl (C=O) groups excluding carboxylic acids is 1. The molecule has 5 nitrogen and oxygen atoms in total. The predicted octanol–water partition coefficient (Wildman–Crippen LogP) is 5.76. The molecule has 3 aromatic rings. The van der Waals surface area contributed by atoms with Crippen molar-refractivity contribution in [2.75, 3.05) is 7.11 Å². The average Bonchev–Trinajstić information content (AvgIpc) is 2.93. The molecular formula is C22H18BrClN2O3. The number of nitrogens with zero attached hydrogens (tertiary/aromatic N) is 2. The van der Waals surface area contributed by atoms with Gasteiger partial charge in [0.15, 0.2) is 5.69 Å². The van der Waals surface area contributed by atoms with E-state index in [4.69, 9.17) is 26.1 Å². The van der Waals surface area contributed by atoms with Crippen LogP contribution in [-0.4, -0.2) is 22.6 Å². The third-order valence-corrected chi connectivity index (χ3v) is 6.57. The average molecular weight is 474 g/mol. The molecule has 3 aliphatic rings. The normalized spacial score (nSPS) is 18.9. The zero-order chi connectivity index (χ0) is 20.1. The van der Waals surface area contributed by atoms with E-state index in [0.717, 1.165) is 34.4 Å². The van der Waals surface area contributed by atoms with E-state index >= 15 is 0 Å². The summed E-state index contributed by atoms with van der Waals surface area (Å²) in [6.45, 7) is 0.186. The smallest absolute Gasteiger partial charge is 0.358 e. The molecule has 1 saturated carbocycles. The quantitative estimate of drug-likeness (QED) is 0.452. The van der Waals surface area contributed by atoms with Crippen LogP contribution in [0.5, 0.6) is 5.75 Å². The molecule has 1 aromatic heterocycles. The number of methoxy groups -OCH3 is 1. The molecular weight excluding hydrogens is 456 g/mol.